The van der Waals surface area contributed by atoms with E-state index in [0.717, 1.165) is 6.08 Å². The molecule has 0 radical (unpaired) electrons. The van der Waals surface area contributed by atoms with Crippen molar-refractivity contribution in [3.05, 3.63) is 24.8 Å². The highest BCUT2D eigenvalue weighted by Gasteiger charge is 2.10. The SMILES string of the molecule is C=C(C)C(=O)OC(C)N(C)C.C=CC(=O)OC(O)CC. The molecule has 116 valence electrons. The van der Waals surface area contributed by atoms with Crippen LogP contribution in [0.1, 0.15) is 27.2 Å². The number of hydrogen-bond donors (Lipinski definition) is 1. The van der Waals surface area contributed by atoms with Crippen LogP contribution in [0.25, 0.3) is 0 Å². The van der Waals surface area contributed by atoms with Crippen LogP contribution in [0.4, 0.5) is 0 Å². The summed E-state index contributed by atoms with van der Waals surface area (Å²) in [5.74, 6) is -0.935. The van der Waals surface area contributed by atoms with Crippen LogP contribution in [0.2, 0.25) is 0 Å². The van der Waals surface area contributed by atoms with Crippen LogP contribution in [-0.2, 0) is 19.1 Å². The van der Waals surface area contributed by atoms with Gasteiger partial charge in [-0.3, -0.25) is 4.90 Å². The Hall–Kier alpha value is -1.66. The molecule has 2 unspecified atom stereocenters. The third kappa shape index (κ3) is 11.4. The second-order valence-electron chi connectivity index (χ2n) is 4.25. The van der Waals surface area contributed by atoms with E-state index < -0.39 is 12.3 Å². The second-order valence-corrected chi connectivity index (χ2v) is 4.25. The Morgan fingerprint density at radius 3 is 2.15 bits per heavy atom. The molecule has 6 nitrogen and oxygen atoms in total. The van der Waals surface area contributed by atoms with Gasteiger partial charge in [-0.1, -0.05) is 20.1 Å². The third-order valence-electron chi connectivity index (χ3n) is 2.12. The summed E-state index contributed by atoms with van der Waals surface area (Å²) < 4.78 is 9.31. The highest BCUT2D eigenvalue weighted by molar-refractivity contribution is 5.87. The van der Waals surface area contributed by atoms with E-state index in [1.165, 1.54) is 0 Å². The monoisotopic (exact) mass is 287 g/mol. The number of aliphatic hydroxyl groups excluding tert-OH is 1. The molecule has 0 heterocycles. The average molecular weight is 287 g/mol. The van der Waals surface area contributed by atoms with Gasteiger partial charge in [0, 0.05) is 18.1 Å². The van der Waals surface area contributed by atoms with Gasteiger partial charge in [0.25, 0.3) is 0 Å². The predicted molar refractivity (Wildman–Crippen MR) is 76.6 cm³/mol. The van der Waals surface area contributed by atoms with Crippen molar-refractivity contribution in [3.63, 3.8) is 0 Å². The van der Waals surface area contributed by atoms with Crippen LogP contribution in [0.5, 0.6) is 0 Å². The zero-order chi connectivity index (χ0) is 16.3. The van der Waals surface area contributed by atoms with Crippen molar-refractivity contribution in [2.24, 2.45) is 0 Å². The molecule has 0 bridgehead atoms. The van der Waals surface area contributed by atoms with Gasteiger partial charge in [-0.2, -0.15) is 0 Å². The predicted octanol–water partition coefficient (Wildman–Crippen LogP) is 1.46. The van der Waals surface area contributed by atoms with Gasteiger partial charge in [0.1, 0.15) is 0 Å². The van der Waals surface area contributed by atoms with Gasteiger partial charge >= 0.3 is 11.9 Å². The average Bonchev–Trinajstić information content (AvgIpc) is 2.38. The first-order valence-electron chi connectivity index (χ1n) is 6.19. The number of rotatable bonds is 6. The summed E-state index contributed by atoms with van der Waals surface area (Å²) in [4.78, 5) is 23.0. The van der Waals surface area contributed by atoms with Gasteiger partial charge in [0.05, 0.1) is 0 Å². The van der Waals surface area contributed by atoms with Gasteiger partial charge in [-0.25, -0.2) is 9.59 Å². The zero-order valence-electron chi connectivity index (χ0n) is 12.9. The molecule has 0 spiro atoms. The van der Waals surface area contributed by atoms with Crippen molar-refractivity contribution in [1.82, 2.24) is 4.90 Å². The smallest absolute Gasteiger partial charge is 0.334 e. The van der Waals surface area contributed by atoms with Crippen molar-refractivity contribution in [1.29, 1.82) is 0 Å². The highest BCUT2D eigenvalue weighted by atomic mass is 16.6. The molecule has 1 N–H and O–H groups in total. The van der Waals surface area contributed by atoms with E-state index in [1.54, 1.807) is 25.7 Å². The van der Waals surface area contributed by atoms with E-state index in [4.69, 9.17) is 9.84 Å². The molecule has 20 heavy (non-hydrogen) atoms. The van der Waals surface area contributed by atoms with Crippen molar-refractivity contribution < 1.29 is 24.2 Å². The molecule has 0 saturated carbocycles. The number of esters is 2. The Morgan fingerprint density at radius 2 is 1.85 bits per heavy atom. The number of carbonyl (C=O) groups is 2. The first-order valence-corrected chi connectivity index (χ1v) is 6.19. The van der Waals surface area contributed by atoms with Crippen molar-refractivity contribution >= 4 is 11.9 Å². The lowest BCUT2D eigenvalue weighted by Crippen LogP contribution is -2.30. The maximum atomic E-state index is 10.9. The molecule has 0 rings (SSSR count). The van der Waals surface area contributed by atoms with Crippen LogP contribution >= 0.6 is 0 Å². The molecule has 0 fully saturated rings. The first-order chi connectivity index (χ1) is 9.15. The van der Waals surface area contributed by atoms with Gasteiger partial charge < -0.3 is 14.6 Å². The largest absolute Gasteiger partial charge is 0.443 e. The summed E-state index contributed by atoms with van der Waals surface area (Å²) in [7, 11) is 3.69. The van der Waals surface area contributed by atoms with Gasteiger partial charge in [0.15, 0.2) is 6.23 Å². The maximum Gasteiger partial charge on any atom is 0.334 e. The number of ether oxygens (including phenoxy) is 2. The van der Waals surface area contributed by atoms with Crippen LogP contribution in [0.3, 0.4) is 0 Å². The molecule has 0 amide bonds. The van der Waals surface area contributed by atoms with Crippen molar-refractivity contribution in [3.8, 4) is 0 Å². The standard InChI is InChI=1S/C8H15NO2.C6H10O3/c1-6(2)8(10)11-7(3)9(4)5;1-3-5(7)9-6(8)4-2/h7H,1H2,2-5H3;3,6,8H,1,4H2,2H3. The molecule has 0 aromatic carbocycles. The minimum absolute atomic E-state index is 0.195. The lowest BCUT2D eigenvalue weighted by molar-refractivity contribution is -0.161. The summed E-state index contributed by atoms with van der Waals surface area (Å²) in [5.41, 5.74) is 0.429. The number of hydrogen-bond acceptors (Lipinski definition) is 6. The van der Waals surface area contributed by atoms with Gasteiger partial charge in [-0.15, -0.1) is 0 Å². The first kappa shape index (κ1) is 20.7. The Morgan fingerprint density at radius 1 is 1.35 bits per heavy atom. The lowest BCUT2D eigenvalue weighted by atomic mass is 10.4. The van der Waals surface area contributed by atoms with Crippen LogP contribution in [-0.4, -0.2) is 48.6 Å². The summed E-state index contributed by atoms with van der Waals surface area (Å²) in [6.45, 7) is 11.8. The Labute approximate surface area is 120 Å². The number of aliphatic hydroxyl groups is 1. The van der Waals surface area contributed by atoms with Gasteiger partial charge in [0.2, 0.25) is 6.29 Å². The number of nitrogens with zero attached hydrogens (tertiary/aromatic N) is 1. The lowest BCUT2D eigenvalue weighted by Gasteiger charge is -2.19. The van der Waals surface area contributed by atoms with Crippen LogP contribution < -0.4 is 0 Å². The van der Waals surface area contributed by atoms with Gasteiger partial charge in [-0.05, 0) is 27.9 Å². The van der Waals surface area contributed by atoms with Crippen LogP contribution in [0.15, 0.2) is 24.8 Å². The Balaban J connectivity index is 0. The summed E-state index contributed by atoms with van der Waals surface area (Å²) in [5, 5.41) is 8.67. The molecule has 2 atom stereocenters. The number of carbonyl (C=O) groups excluding carboxylic acids is 2. The quantitative estimate of drug-likeness (QED) is 0.453. The second kappa shape index (κ2) is 11.2. The minimum atomic E-state index is -0.990. The third-order valence-corrected chi connectivity index (χ3v) is 2.12. The topological polar surface area (TPSA) is 76.1 Å². The highest BCUT2D eigenvalue weighted by Crippen LogP contribution is 1.99. The molecule has 6 heteroatoms. The zero-order valence-corrected chi connectivity index (χ0v) is 12.9. The van der Waals surface area contributed by atoms with Crippen LogP contribution in [0, 0.1) is 0 Å². The fourth-order valence-corrected chi connectivity index (χ4v) is 0.626. The fraction of sp³-hybridized carbons (Fsp3) is 0.571. The maximum absolute atomic E-state index is 10.9. The molecule has 0 aromatic heterocycles. The normalized spacial score (nSPS) is 12.6. The Bertz CT molecular complexity index is 338. The summed E-state index contributed by atoms with van der Waals surface area (Å²) in [6.07, 6.45) is 0.230. The van der Waals surface area contributed by atoms with E-state index in [2.05, 4.69) is 17.9 Å². The van der Waals surface area contributed by atoms with Crippen molar-refractivity contribution in [2.75, 3.05) is 14.1 Å². The Kier molecular flexibility index (Phi) is 11.6. The summed E-state index contributed by atoms with van der Waals surface area (Å²) in [6, 6.07) is 0. The molecule has 0 saturated heterocycles. The van der Waals surface area contributed by atoms with E-state index in [1.807, 2.05) is 14.1 Å². The minimum Gasteiger partial charge on any atom is -0.443 e. The molecular weight excluding hydrogens is 262 g/mol. The molecular formula is C14H25NO5. The van der Waals surface area contributed by atoms with E-state index in [-0.39, 0.29) is 12.2 Å². The molecule has 0 aromatic rings. The summed E-state index contributed by atoms with van der Waals surface area (Å²) >= 11 is 0. The fourth-order valence-electron chi connectivity index (χ4n) is 0.626. The molecule has 0 aliphatic carbocycles. The van der Waals surface area contributed by atoms with Crippen molar-refractivity contribution in [2.45, 2.75) is 39.7 Å². The molecule has 0 aliphatic rings. The molecule has 0 aliphatic heterocycles. The van der Waals surface area contributed by atoms with E-state index >= 15 is 0 Å². The van der Waals surface area contributed by atoms with E-state index in [9.17, 15) is 9.59 Å². The van der Waals surface area contributed by atoms with E-state index in [0.29, 0.717) is 12.0 Å².